The summed E-state index contributed by atoms with van der Waals surface area (Å²) < 4.78 is 1.89. The average molecular weight is 277 g/mol. The lowest BCUT2D eigenvalue weighted by Crippen LogP contribution is -2.08. The van der Waals surface area contributed by atoms with Crippen LogP contribution in [0.3, 0.4) is 0 Å². The Bertz CT molecular complexity index is 699. The molecule has 0 unspecified atom stereocenters. The van der Waals surface area contributed by atoms with Gasteiger partial charge in [0.05, 0.1) is 11.9 Å². The molecule has 1 aromatic heterocycles. The fraction of sp³-hybridized carbons (Fsp3) is 0.167. The van der Waals surface area contributed by atoms with Crippen LogP contribution < -0.4 is 5.73 Å². The molecule has 106 valence electrons. The average Bonchev–Trinajstić information content (AvgIpc) is 3.05. The van der Waals surface area contributed by atoms with E-state index in [4.69, 9.17) is 5.73 Å². The van der Waals surface area contributed by atoms with Gasteiger partial charge in [-0.1, -0.05) is 49.4 Å². The summed E-state index contributed by atoms with van der Waals surface area (Å²) in [6.07, 6.45) is 4.88. The smallest absolute Gasteiger partial charge is 0.0646 e. The van der Waals surface area contributed by atoms with E-state index in [2.05, 4.69) is 48.4 Å². The molecule has 0 spiro atoms. The van der Waals surface area contributed by atoms with Crippen molar-refractivity contribution < 1.29 is 0 Å². The van der Waals surface area contributed by atoms with Crippen LogP contribution in [-0.2, 0) is 0 Å². The zero-order valence-electron chi connectivity index (χ0n) is 12.1. The highest BCUT2D eigenvalue weighted by molar-refractivity contribution is 5.62. The molecule has 0 fully saturated rings. The first-order valence-electron chi connectivity index (χ1n) is 7.24. The summed E-state index contributed by atoms with van der Waals surface area (Å²) in [5.41, 5.74) is 10.5. The van der Waals surface area contributed by atoms with Crippen LogP contribution in [0.4, 0.5) is 0 Å². The molecule has 3 heteroatoms. The minimum absolute atomic E-state index is 0.108. The third-order valence-corrected chi connectivity index (χ3v) is 3.72. The van der Waals surface area contributed by atoms with Gasteiger partial charge in [0.1, 0.15) is 0 Å². The summed E-state index contributed by atoms with van der Waals surface area (Å²) in [6, 6.07) is 18.6. The monoisotopic (exact) mass is 277 g/mol. The second-order valence-electron chi connectivity index (χ2n) is 5.15. The molecular formula is C18H19N3. The zero-order valence-corrected chi connectivity index (χ0v) is 12.1. The minimum Gasteiger partial charge on any atom is -0.324 e. The number of rotatable bonds is 4. The summed E-state index contributed by atoms with van der Waals surface area (Å²) in [5.74, 6) is 0. The van der Waals surface area contributed by atoms with Gasteiger partial charge in [-0.15, -0.1) is 0 Å². The largest absolute Gasteiger partial charge is 0.324 e. The van der Waals surface area contributed by atoms with E-state index in [0.717, 1.165) is 23.2 Å². The molecule has 21 heavy (non-hydrogen) atoms. The van der Waals surface area contributed by atoms with Gasteiger partial charge in [-0.05, 0) is 29.7 Å². The van der Waals surface area contributed by atoms with Crippen LogP contribution in [0.1, 0.15) is 24.9 Å². The molecule has 3 nitrogen and oxygen atoms in total. The van der Waals surface area contributed by atoms with Gasteiger partial charge in [-0.25, -0.2) is 4.68 Å². The molecule has 2 N–H and O–H groups in total. The number of aromatic nitrogens is 2. The van der Waals surface area contributed by atoms with E-state index in [-0.39, 0.29) is 6.04 Å². The molecule has 0 radical (unpaired) electrons. The van der Waals surface area contributed by atoms with Crippen LogP contribution in [0.5, 0.6) is 0 Å². The summed E-state index contributed by atoms with van der Waals surface area (Å²) in [7, 11) is 0. The molecule has 1 atom stereocenters. The maximum absolute atomic E-state index is 6.04. The lowest BCUT2D eigenvalue weighted by atomic mass is 10.1. The van der Waals surface area contributed by atoms with E-state index in [1.165, 1.54) is 5.56 Å². The van der Waals surface area contributed by atoms with Crippen molar-refractivity contribution in [1.82, 2.24) is 9.78 Å². The van der Waals surface area contributed by atoms with Crippen molar-refractivity contribution in [2.75, 3.05) is 0 Å². The van der Waals surface area contributed by atoms with E-state index in [1.54, 1.807) is 0 Å². The van der Waals surface area contributed by atoms with Crippen LogP contribution >= 0.6 is 0 Å². The van der Waals surface area contributed by atoms with Crippen molar-refractivity contribution in [3.8, 4) is 16.8 Å². The Kier molecular flexibility index (Phi) is 3.84. The Morgan fingerprint density at radius 1 is 1.00 bits per heavy atom. The number of nitrogens with zero attached hydrogens (tertiary/aromatic N) is 2. The predicted molar refractivity (Wildman–Crippen MR) is 86.2 cm³/mol. The van der Waals surface area contributed by atoms with Crippen LogP contribution in [0.2, 0.25) is 0 Å². The van der Waals surface area contributed by atoms with E-state index >= 15 is 0 Å². The van der Waals surface area contributed by atoms with Gasteiger partial charge in [-0.2, -0.15) is 5.10 Å². The topological polar surface area (TPSA) is 43.8 Å². The lowest BCUT2D eigenvalue weighted by molar-refractivity contribution is 0.698. The molecule has 0 aliphatic heterocycles. The number of hydrogen-bond acceptors (Lipinski definition) is 2. The van der Waals surface area contributed by atoms with E-state index in [0.29, 0.717) is 0 Å². The molecule has 0 bridgehead atoms. The summed E-state index contributed by atoms with van der Waals surface area (Å²) in [6.45, 7) is 2.10. The Morgan fingerprint density at radius 2 is 1.71 bits per heavy atom. The molecule has 0 aliphatic rings. The van der Waals surface area contributed by atoms with Gasteiger partial charge in [0, 0.05) is 17.8 Å². The summed E-state index contributed by atoms with van der Waals surface area (Å²) in [4.78, 5) is 0. The molecule has 0 saturated carbocycles. The highest BCUT2D eigenvalue weighted by atomic mass is 15.3. The normalized spacial score (nSPS) is 12.3. The second-order valence-corrected chi connectivity index (χ2v) is 5.15. The molecule has 3 rings (SSSR count). The highest BCUT2D eigenvalue weighted by Crippen LogP contribution is 2.21. The molecule has 2 aromatic carbocycles. The van der Waals surface area contributed by atoms with Gasteiger partial charge in [-0.3, -0.25) is 0 Å². The van der Waals surface area contributed by atoms with Gasteiger partial charge in [0.2, 0.25) is 0 Å². The van der Waals surface area contributed by atoms with Gasteiger partial charge >= 0.3 is 0 Å². The van der Waals surface area contributed by atoms with E-state index in [1.807, 2.05) is 35.3 Å². The minimum atomic E-state index is 0.108. The number of benzene rings is 2. The van der Waals surface area contributed by atoms with E-state index in [9.17, 15) is 0 Å². The number of nitrogens with two attached hydrogens (primary N) is 1. The Hall–Kier alpha value is -2.39. The van der Waals surface area contributed by atoms with Crippen molar-refractivity contribution in [3.05, 3.63) is 72.6 Å². The van der Waals surface area contributed by atoms with Crippen molar-refractivity contribution >= 4 is 0 Å². The SMILES string of the molecule is CC[C@@H](N)c1ccc(-n2cc(-c3ccccc3)cn2)cc1. The van der Waals surface area contributed by atoms with Crippen molar-refractivity contribution in [2.45, 2.75) is 19.4 Å². The van der Waals surface area contributed by atoms with Crippen molar-refractivity contribution in [3.63, 3.8) is 0 Å². The second kappa shape index (κ2) is 5.94. The Balaban J connectivity index is 1.86. The maximum Gasteiger partial charge on any atom is 0.0646 e. The highest BCUT2D eigenvalue weighted by Gasteiger charge is 2.05. The first kappa shape index (κ1) is 13.6. The summed E-state index contributed by atoms with van der Waals surface area (Å²) in [5, 5.41) is 4.44. The molecule has 0 aliphatic carbocycles. The number of hydrogen-bond donors (Lipinski definition) is 1. The first-order chi connectivity index (χ1) is 10.3. The lowest BCUT2D eigenvalue weighted by Gasteiger charge is -2.09. The van der Waals surface area contributed by atoms with Gasteiger partial charge in [0.25, 0.3) is 0 Å². The Morgan fingerprint density at radius 3 is 2.38 bits per heavy atom. The standard InChI is InChI=1S/C18H19N3/c1-2-18(19)15-8-10-17(11-9-15)21-13-16(12-20-21)14-6-4-3-5-7-14/h3-13,18H,2,19H2,1H3/t18-/m1/s1. The van der Waals surface area contributed by atoms with Crippen molar-refractivity contribution in [1.29, 1.82) is 0 Å². The van der Waals surface area contributed by atoms with E-state index < -0.39 is 0 Å². The third kappa shape index (κ3) is 2.88. The fourth-order valence-electron chi connectivity index (χ4n) is 2.35. The molecule has 1 heterocycles. The van der Waals surface area contributed by atoms with Gasteiger partial charge in [0.15, 0.2) is 0 Å². The first-order valence-corrected chi connectivity index (χ1v) is 7.24. The predicted octanol–water partition coefficient (Wildman–Crippen LogP) is 3.95. The third-order valence-electron chi connectivity index (χ3n) is 3.72. The fourth-order valence-corrected chi connectivity index (χ4v) is 2.35. The molecule has 3 aromatic rings. The molecular weight excluding hydrogens is 258 g/mol. The van der Waals surface area contributed by atoms with Crippen LogP contribution in [0.15, 0.2) is 67.0 Å². The quantitative estimate of drug-likeness (QED) is 0.784. The molecule has 0 amide bonds. The molecule has 0 saturated heterocycles. The van der Waals surface area contributed by atoms with Crippen LogP contribution in [0.25, 0.3) is 16.8 Å². The van der Waals surface area contributed by atoms with Crippen LogP contribution in [0, 0.1) is 0 Å². The van der Waals surface area contributed by atoms with Crippen molar-refractivity contribution in [2.24, 2.45) is 5.73 Å². The Labute approximate surface area is 125 Å². The van der Waals surface area contributed by atoms with Crippen LogP contribution in [-0.4, -0.2) is 9.78 Å². The maximum atomic E-state index is 6.04. The summed E-state index contributed by atoms with van der Waals surface area (Å²) >= 11 is 0. The van der Waals surface area contributed by atoms with Gasteiger partial charge < -0.3 is 5.73 Å². The zero-order chi connectivity index (χ0) is 14.7.